The molecule has 2 N–H and O–H groups in total. The number of fused-ring (bicyclic) bond motifs is 1. The van der Waals surface area contributed by atoms with Crippen molar-refractivity contribution in [3.8, 4) is 0 Å². The summed E-state index contributed by atoms with van der Waals surface area (Å²) < 4.78 is 4.84. The molecule has 7 heteroatoms. The van der Waals surface area contributed by atoms with E-state index in [1.54, 1.807) is 34.6 Å². The van der Waals surface area contributed by atoms with Gasteiger partial charge in [-0.1, -0.05) is 0 Å². The van der Waals surface area contributed by atoms with E-state index in [9.17, 15) is 9.59 Å². The maximum absolute atomic E-state index is 12.0. The van der Waals surface area contributed by atoms with Gasteiger partial charge in [0.1, 0.15) is 5.69 Å². The van der Waals surface area contributed by atoms with Crippen LogP contribution in [0.5, 0.6) is 0 Å². The molecule has 114 valence electrons. The number of allylic oxidation sites excluding steroid dienone is 1. The van der Waals surface area contributed by atoms with E-state index in [4.69, 9.17) is 4.74 Å². The third-order valence-corrected chi connectivity index (χ3v) is 4.46. The number of anilines is 1. The van der Waals surface area contributed by atoms with Crippen LogP contribution in [0.4, 0.5) is 10.5 Å². The second-order valence-corrected chi connectivity index (χ2v) is 5.81. The van der Waals surface area contributed by atoms with Crippen LogP contribution >= 0.6 is 11.3 Å². The number of aromatic amines is 1. The molecule has 0 atom stereocenters. The summed E-state index contributed by atoms with van der Waals surface area (Å²) in [5, 5.41) is 5.11. The Labute approximate surface area is 131 Å². The minimum atomic E-state index is -0.419. The molecule has 0 aromatic carbocycles. The van der Waals surface area contributed by atoms with Crippen molar-refractivity contribution < 1.29 is 9.53 Å². The van der Waals surface area contributed by atoms with Crippen LogP contribution in [0, 0.1) is 0 Å². The molecular formula is C15H15N3O3S. The number of H-pyrrole nitrogens is 1. The standard InChI is InChI=1S/C15H15N3O3S/c1-9-13(17-11-4-3-6-16-14(11)19)10-5-7-22-12(10)8-18(9)15(20)21-2/h3-7,17H,8H2,1-2H3,(H,16,19). The lowest BCUT2D eigenvalue weighted by Gasteiger charge is -2.29. The fourth-order valence-electron chi connectivity index (χ4n) is 2.40. The molecule has 1 amide bonds. The summed E-state index contributed by atoms with van der Waals surface area (Å²) in [4.78, 5) is 29.1. The predicted molar refractivity (Wildman–Crippen MR) is 85.5 cm³/mol. The second kappa shape index (κ2) is 5.69. The average Bonchev–Trinajstić information content (AvgIpc) is 2.99. The summed E-state index contributed by atoms with van der Waals surface area (Å²) in [6.45, 7) is 2.30. The number of pyridine rings is 1. The number of carbonyl (C=O) groups is 1. The van der Waals surface area contributed by atoms with Gasteiger partial charge in [0, 0.05) is 22.3 Å². The van der Waals surface area contributed by atoms with Gasteiger partial charge in [-0.2, -0.15) is 0 Å². The summed E-state index contributed by atoms with van der Waals surface area (Å²) in [6.07, 6.45) is 1.16. The third-order valence-electron chi connectivity index (χ3n) is 3.56. The highest BCUT2D eigenvalue weighted by molar-refractivity contribution is 7.10. The zero-order chi connectivity index (χ0) is 15.7. The molecule has 6 nitrogen and oxygen atoms in total. The number of hydrogen-bond donors (Lipinski definition) is 2. The molecule has 2 aromatic rings. The number of methoxy groups -OCH3 is 1. The average molecular weight is 317 g/mol. The van der Waals surface area contributed by atoms with Crippen molar-refractivity contribution in [2.24, 2.45) is 0 Å². The van der Waals surface area contributed by atoms with Crippen molar-refractivity contribution in [3.63, 3.8) is 0 Å². The van der Waals surface area contributed by atoms with E-state index in [0.29, 0.717) is 12.2 Å². The maximum atomic E-state index is 12.0. The highest BCUT2D eigenvalue weighted by Crippen LogP contribution is 2.35. The first-order chi connectivity index (χ1) is 10.6. The van der Waals surface area contributed by atoms with Crippen LogP contribution in [0.3, 0.4) is 0 Å². The summed E-state index contributed by atoms with van der Waals surface area (Å²) in [7, 11) is 1.36. The third kappa shape index (κ3) is 2.39. The van der Waals surface area contributed by atoms with E-state index in [0.717, 1.165) is 21.8 Å². The molecule has 0 saturated heterocycles. The fraction of sp³-hybridized carbons (Fsp3) is 0.200. The fourth-order valence-corrected chi connectivity index (χ4v) is 3.27. The highest BCUT2D eigenvalue weighted by atomic mass is 32.1. The van der Waals surface area contributed by atoms with Crippen molar-refractivity contribution in [1.29, 1.82) is 0 Å². The largest absolute Gasteiger partial charge is 0.452 e. The van der Waals surface area contributed by atoms with E-state index in [1.165, 1.54) is 7.11 Å². The number of nitrogens with one attached hydrogen (secondary N) is 2. The Kier molecular flexibility index (Phi) is 3.72. The molecule has 22 heavy (non-hydrogen) atoms. The topological polar surface area (TPSA) is 74.4 Å². The van der Waals surface area contributed by atoms with E-state index >= 15 is 0 Å². The van der Waals surface area contributed by atoms with Gasteiger partial charge >= 0.3 is 6.09 Å². The lowest BCUT2D eigenvalue weighted by atomic mass is 10.1. The molecule has 0 spiro atoms. The molecule has 0 fully saturated rings. The van der Waals surface area contributed by atoms with Crippen LogP contribution in [0.25, 0.3) is 5.70 Å². The monoisotopic (exact) mass is 317 g/mol. The highest BCUT2D eigenvalue weighted by Gasteiger charge is 2.28. The lowest BCUT2D eigenvalue weighted by molar-refractivity contribution is 0.133. The lowest BCUT2D eigenvalue weighted by Crippen LogP contribution is -2.33. The van der Waals surface area contributed by atoms with E-state index in [1.807, 2.05) is 18.4 Å². The molecule has 0 bridgehead atoms. The smallest absolute Gasteiger partial charge is 0.414 e. The summed E-state index contributed by atoms with van der Waals surface area (Å²) in [6, 6.07) is 5.43. The SMILES string of the molecule is COC(=O)N1Cc2sccc2C(Nc2ccc[nH]c2=O)=C1C. The molecule has 0 radical (unpaired) electrons. The molecule has 2 aromatic heterocycles. The number of rotatable bonds is 2. The first-order valence-electron chi connectivity index (χ1n) is 6.69. The van der Waals surface area contributed by atoms with Gasteiger partial charge < -0.3 is 15.0 Å². The zero-order valence-corrected chi connectivity index (χ0v) is 13.0. The molecule has 1 aliphatic heterocycles. The molecule has 1 aliphatic rings. The summed E-state index contributed by atoms with van der Waals surface area (Å²) in [5.74, 6) is 0. The van der Waals surface area contributed by atoms with Gasteiger partial charge in [-0.05, 0) is 30.5 Å². The van der Waals surface area contributed by atoms with Gasteiger partial charge in [-0.3, -0.25) is 9.69 Å². The number of aromatic nitrogens is 1. The van der Waals surface area contributed by atoms with E-state index < -0.39 is 6.09 Å². The van der Waals surface area contributed by atoms with Gasteiger partial charge in [0.05, 0.1) is 19.4 Å². The number of carbonyl (C=O) groups excluding carboxylic acids is 1. The Bertz CT molecular complexity index is 806. The summed E-state index contributed by atoms with van der Waals surface area (Å²) in [5.41, 5.74) is 2.69. The van der Waals surface area contributed by atoms with Crippen LogP contribution in [0.2, 0.25) is 0 Å². The van der Waals surface area contributed by atoms with Crippen LogP contribution in [0.1, 0.15) is 17.4 Å². The quantitative estimate of drug-likeness (QED) is 0.893. The van der Waals surface area contributed by atoms with E-state index in [-0.39, 0.29) is 5.56 Å². The first kappa shape index (κ1) is 14.4. The van der Waals surface area contributed by atoms with Crippen molar-refractivity contribution in [3.05, 3.63) is 56.3 Å². The normalized spacial score (nSPS) is 13.8. The Morgan fingerprint density at radius 2 is 2.27 bits per heavy atom. The minimum Gasteiger partial charge on any atom is -0.452 e. The minimum absolute atomic E-state index is 0.213. The first-order valence-corrected chi connectivity index (χ1v) is 7.57. The molecule has 0 unspecified atom stereocenters. The second-order valence-electron chi connectivity index (χ2n) is 4.81. The maximum Gasteiger partial charge on any atom is 0.414 e. The molecule has 0 saturated carbocycles. The number of nitrogens with zero attached hydrogens (tertiary/aromatic N) is 1. The molecule has 0 aliphatic carbocycles. The van der Waals surface area contributed by atoms with Gasteiger partial charge in [-0.25, -0.2) is 4.79 Å². The molecular weight excluding hydrogens is 302 g/mol. The Morgan fingerprint density at radius 3 is 3.00 bits per heavy atom. The van der Waals surface area contributed by atoms with E-state index in [2.05, 4.69) is 10.3 Å². The Hall–Kier alpha value is -2.54. The van der Waals surface area contributed by atoms with Gasteiger partial charge in [0.2, 0.25) is 0 Å². The number of hydrogen-bond acceptors (Lipinski definition) is 5. The predicted octanol–water partition coefficient (Wildman–Crippen LogP) is 2.82. The number of thiophene rings is 1. The zero-order valence-electron chi connectivity index (χ0n) is 12.2. The van der Waals surface area contributed by atoms with Gasteiger partial charge in [-0.15, -0.1) is 11.3 Å². The van der Waals surface area contributed by atoms with Crippen LogP contribution in [-0.4, -0.2) is 23.1 Å². The Morgan fingerprint density at radius 1 is 1.45 bits per heavy atom. The Balaban J connectivity index is 2.07. The van der Waals surface area contributed by atoms with Crippen LogP contribution < -0.4 is 10.9 Å². The van der Waals surface area contributed by atoms with Crippen molar-refractivity contribution in [1.82, 2.24) is 9.88 Å². The number of ether oxygens (including phenoxy) is 1. The summed E-state index contributed by atoms with van der Waals surface area (Å²) >= 11 is 1.57. The van der Waals surface area contributed by atoms with Crippen molar-refractivity contribution in [2.45, 2.75) is 13.5 Å². The van der Waals surface area contributed by atoms with Crippen molar-refractivity contribution in [2.75, 3.05) is 12.4 Å². The molecule has 3 rings (SSSR count). The van der Waals surface area contributed by atoms with Crippen LogP contribution in [-0.2, 0) is 11.3 Å². The molecule has 3 heterocycles. The number of amides is 1. The van der Waals surface area contributed by atoms with Crippen LogP contribution in [0.15, 0.2) is 40.3 Å². The van der Waals surface area contributed by atoms with Gasteiger partial charge in [0.25, 0.3) is 5.56 Å². The van der Waals surface area contributed by atoms with Gasteiger partial charge in [0.15, 0.2) is 0 Å². The van der Waals surface area contributed by atoms with Crippen molar-refractivity contribution >= 4 is 28.8 Å².